The van der Waals surface area contributed by atoms with Crippen LogP contribution in [0.25, 0.3) is 0 Å². The number of thioether (sulfide) groups is 1. The highest BCUT2D eigenvalue weighted by atomic mass is 32.2. The van der Waals surface area contributed by atoms with E-state index in [0.29, 0.717) is 11.6 Å². The molecule has 0 spiro atoms. The average molecular weight is 260 g/mol. The molecule has 1 aliphatic rings. The summed E-state index contributed by atoms with van der Waals surface area (Å²) in [6, 6.07) is 3.93. The second-order valence-electron chi connectivity index (χ2n) is 4.14. The lowest BCUT2D eigenvalue weighted by Gasteiger charge is -2.14. The van der Waals surface area contributed by atoms with Crippen LogP contribution >= 0.6 is 11.8 Å². The second kappa shape index (κ2) is 4.45. The second-order valence-corrected chi connectivity index (χ2v) is 5.23. The largest absolute Gasteiger partial charge is 0.308 e. The quantitative estimate of drug-likeness (QED) is 0.821. The third kappa shape index (κ3) is 1.88. The topological polar surface area (TPSA) is 70.7 Å². The number of anilines is 1. The first-order chi connectivity index (χ1) is 8.75. The molecule has 3 heterocycles. The SMILES string of the molecule is Cc1[nH]nc2c1[C@@H](c1cccnc1)SCC(=O)N2. The smallest absolute Gasteiger partial charge is 0.235 e. The van der Waals surface area contributed by atoms with E-state index in [1.54, 1.807) is 18.0 Å². The molecule has 0 bridgehead atoms. The first kappa shape index (κ1) is 11.3. The maximum atomic E-state index is 11.6. The van der Waals surface area contributed by atoms with Crippen LogP contribution in [0.15, 0.2) is 24.5 Å². The summed E-state index contributed by atoms with van der Waals surface area (Å²) >= 11 is 1.59. The highest BCUT2D eigenvalue weighted by Crippen LogP contribution is 2.41. The Bertz CT molecular complexity index is 581. The van der Waals surface area contributed by atoms with Crippen LogP contribution in [0.1, 0.15) is 22.1 Å². The standard InChI is InChI=1S/C12H12N4OS/c1-7-10-11(8-3-2-4-13-5-8)18-6-9(17)14-12(10)16-15-7/h2-5,11H,6H2,1H3,(H2,14,15,16,17)/t11-/m1/s1. The molecule has 92 valence electrons. The van der Waals surface area contributed by atoms with Gasteiger partial charge in [0.15, 0.2) is 5.82 Å². The molecule has 0 saturated heterocycles. The van der Waals surface area contributed by atoms with Crippen molar-refractivity contribution in [2.24, 2.45) is 0 Å². The van der Waals surface area contributed by atoms with Gasteiger partial charge in [-0.25, -0.2) is 0 Å². The summed E-state index contributed by atoms with van der Waals surface area (Å²) in [6.45, 7) is 1.97. The molecule has 0 aromatic carbocycles. The van der Waals surface area contributed by atoms with Crippen LogP contribution < -0.4 is 5.32 Å². The lowest BCUT2D eigenvalue weighted by Crippen LogP contribution is -2.12. The Morgan fingerprint density at radius 3 is 3.17 bits per heavy atom. The zero-order valence-electron chi connectivity index (χ0n) is 9.80. The summed E-state index contributed by atoms with van der Waals surface area (Å²) in [4.78, 5) is 15.8. The van der Waals surface area contributed by atoms with E-state index >= 15 is 0 Å². The number of nitrogens with zero attached hydrogens (tertiary/aromatic N) is 2. The number of rotatable bonds is 1. The summed E-state index contributed by atoms with van der Waals surface area (Å²) in [5.41, 5.74) is 3.11. The third-order valence-electron chi connectivity index (χ3n) is 2.88. The van der Waals surface area contributed by atoms with Gasteiger partial charge >= 0.3 is 0 Å². The molecule has 0 aliphatic carbocycles. The van der Waals surface area contributed by atoms with E-state index in [1.807, 2.05) is 25.3 Å². The Balaban J connectivity index is 2.10. The summed E-state index contributed by atoms with van der Waals surface area (Å²) in [5, 5.41) is 9.99. The summed E-state index contributed by atoms with van der Waals surface area (Å²) in [7, 11) is 0. The van der Waals surface area contributed by atoms with E-state index in [9.17, 15) is 4.79 Å². The lowest BCUT2D eigenvalue weighted by molar-refractivity contribution is -0.113. The van der Waals surface area contributed by atoms with E-state index in [1.165, 1.54) is 0 Å². The number of aromatic amines is 1. The third-order valence-corrected chi connectivity index (χ3v) is 4.15. The van der Waals surface area contributed by atoms with Gasteiger partial charge in [-0.3, -0.25) is 14.9 Å². The lowest BCUT2D eigenvalue weighted by atomic mass is 10.1. The molecular weight excluding hydrogens is 248 g/mol. The summed E-state index contributed by atoms with van der Waals surface area (Å²) in [6.07, 6.45) is 3.58. The van der Waals surface area contributed by atoms with E-state index in [2.05, 4.69) is 20.5 Å². The number of hydrogen-bond donors (Lipinski definition) is 2. The van der Waals surface area contributed by atoms with Crippen molar-refractivity contribution in [3.63, 3.8) is 0 Å². The maximum absolute atomic E-state index is 11.6. The first-order valence-corrected chi connectivity index (χ1v) is 6.67. The molecule has 6 heteroatoms. The molecule has 2 aromatic rings. The molecule has 1 aliphatic heterocycles. The Hall–Kier alpha value is -1.82. The number of aromatic nitrogens is 3. The van der Waals surface area contributed by atoms with Gasteiger partial charge in [-0.1, -0.05) is 6.07 Å². The van der Waals surface area contributed by atoms with Crippen LogP contribution in [0.5, 0.6) is 0 Å². The van der Waals surface area contributed by atoms with Crippen LogP contribution in [0.3, 0.4) is 0 Å². The number of H-pyrrole nitrogens is 1. The molecule has 1 amide bonds. The number of hydrogen-bond acceptors (Lipinski definition) is 4. The van der Waals surface area contributed by atoms with Gasteiger partial charge in [-0.05, 0) is 18.6 Å². The predicted molar refractivity (Wildman–Crippen MR) is 70.5 cm³/mol. The molecule has 18 heavy (non-hydrogen) atoms. The van der Waals surface area contributed by atoms with Crippen LogP contribution in [0.4, 0.5) is 5.82 Å². The molecule has 5 nitrogen and oxygen atoms in total. The van der Waals surface area contributed by atoms with E-state index in [0.717, 1.165) is 16.8 Å². The molecule has 2 N–H and O–H groups in total. The Labute approximate surface area is 108 Å². The minimum absolute atomic E-state index is 0.0147. The predicted octanol–water partition coefficient (Wildman–Crippen LogP) is 1.89. The van der Waals surface area contributed by atoms with Gasteiger partial charge < -0.3 is 5.32 Å². The fourth-order valence-corrected chi connectivity index (χ4v) is 3.24. The van der Waals surface area contributed by atoms with Crippen molar-refractivity contribution in [2.45, 2.75) is 12.2 Å². The van der Waals surface area contributed by atoms with Crippen molar-refractivity contribution in [3.05, 3.63) is 41.3 Å². The molecule has 2 aromatic heterocycles. The molecule has 0 saturated carbocycles. The number of pyridine rings is 1. The highest BCUT2D eigenvalue weighted by molar-refractivity contribution is 8.00. The van der Waals surface area contributed by atoms with Crippen LogP contribution in [-0.2, 0) is 4.79 Å². The Kier molecular flexibility index (Phi) is 2.79. The van der Waals surface area contributed by atoms with E-state index in [-0.39, 0.29) is 11.2 Å². The van der Waals surface area contributed by atoms with E-state index < -0.39 is 0 Å². The van der Waals surface area contributed by atoms with Crippen LogP contribution in [-0.4, -0.2) is 26.8 Å². The van der Waals surface area contributed by atoms with Gasteiger partial charge in [-0.2, -0.15) is 5.10 Å². The van der Waals surface area contributed by atoms with Gasteiger partial charge in [0.05, 0.1) is 11.0 Å². The molecule has 3 rings (SSSR count). The average Bonchev–Trinajstić information content (AvgIpc) is 2.65. The van der Waals surface area contributed by atoms with Gasteiger partial charge in [0.2, 0.25) is 5.91 Å². The molecule has 1 atom stereocenters. The van der Waals surface area contributed by atoms with Gasteiger partial charge in [0.1, 0.15) is 0 Å². The summed E-state index contributed by atoms with van der Waals surface area (Å²) in [5.74, 6) is 1.05. The van der Waals surface area contributed by atoms with Crippen molar-refractivity contribution in [1.29, 1.82) is 0 Å². The Morgan fingerprint density at radius 1 is 1.50 bits per heavy atom. The van der Waals surface area contributed by atoms with Crippen molar-refractivity contribution in [3.8, 4) is 0 Å². The van der Waals surface area contributed by atoms with E-state index in [4.69, 9.17) is 0 Å². The fourth-order valence-electron chi connectivity index (χ4n) is 2.06. The zero-order valence-corrected chi connectivity index (χ0v) is 10.6. The van der Waals surface area contributed by atoms with Gasteiger partial charge in [-0.15, -0.1) is 11.8 Å². The van der Waals surface area contributed by atoms with Crippen LogP contribution in [0.2, 0.25) is 0 Å². The minimum Gasteiger partial charge on any atom is -0.308 e. The molecule has 0 radical (unpaired) electrons. The van der Waals surface area contributed by atoms with Gasteiger partial charge in [0, 0.05) is 23.7 Å². The minimum atomic E-state index is -0.0147. The molecule has 0 unspecified atom stereocenters. The van der Waals surface area contributed by atoms with Crippen molar-refractivity contribution < 1.29 is 4.79 Å². The number of fused-ring (bicyclic) bond motifs is 1. The first-order valence-electron chi connectivity index (χ1n) is 5.62. The number of aryl methyl sites for hydroxylation is 1. The number of carbonyl (C=O) groups is 1. The number of carbonyl (C=O) groups excluding carboxylic acids is 1. The van der Waals surface area contributed by atoms with Crippen molar-refractivity contribution in [2.75, 3.05) is 11.1 Å². The number of amides is 1. The highest BCUT2D eigenvalue weighted by Gasteiger charge is 2.27. The van der Waals surface area contributed by atoms with Crippen molar-refractivity contribution in [1.82, 2.24) is 15.2 Å². The van der Waals surface area contributed by atoms with Crippen LogP contribution in [0, 0.1) is 6.92 Å². The maximum Gasteiger partial charge on any atom is 0.235 e. The normalized spacial score (nSPS) is 18.9. The van der Waals surface area contributed by atoms with Gasteiger partial charge in [0.25, 0.3) is 0 Å². The molecule has 0 fully saturated rings. The van der Waals surface area contributed by atoms with Crippen molar-refractivity contribution >= 4 is 23.5 Å². The Morgan fingerprint density at radius 2 is 2.39 bits per heavy atom. The summed E-state index contributed by atoms with van der Waals surface area (Å²) < 4.78 is 0. The fraction of sp³-hybridized carbons (Fsp3) is 0.250. The number of nitrogens with one attached hydrogen (secondary N) is 2. The zero-order chi connectivity index (χ0) is 12.5. The molecular formula is C12H12N4OS. The monoisotopic (exact) mass is 260 g/mol.